The second-order valence-corrected chi connectivity index (χ2v) is 5.39. The van der Waals surface area contributed by atoms with Crippen molar-refractivity contribution in [1.82, 2.24) is 0 Å². The molecule has 0 unspecified atom stereocenters. The van der Waals surface area contributed by atoms with Gasteiger partial charge in [-0.05, 0) is 23.8 Å². The first-order valence-corrected chi connectivity index (χ1v) is 7.34. The zero-order chi connectivity index (χ0) is 18.0. The van der Waals surface area contributed by atoms with Gasteiger partial charge in [-0.25, -0.2) is 0 Å². The van der Waals surface area contributed by atoms with Crippen LogP contribution in [0.2, 0.25) is 0 Å². The lowest BCUT2D eigenvalue weighted by Crippen LogP contribution is -2.38. The van der Waals surface area contributed by atoms with E-state index >= 15 is 0 Å². The number of halogens is 3. The maximum absolute atomic E-state index is 12.4. The van der Waals surface area contributed by atoms with Crippen LogP contribution < -0.4 is 15.0 Å². The zero-order valence-corrected chi connectivity index (χ0v) is 12.8. The molecule has 0 atom stereocenters. The summed E-state index contributed by atoms with van der Waals surface area (Å²) in [6.07, 6.45) is -4.99. The Morgan fingerprint density at radius 2 is 1.88 bits per heavy atom. The maximum Gasteiger partial charge on any atom is 0.471 e. The zero-order valence-electron chi connectivity index (χ0n) is 12.8. The van der Waals surface area contributed by atoms with Gasteiger partial charge in [-0.15, -0.1) is 0 Å². The van der Waals surface area contributed by atoms with Crippen molar-refractivity contribution in [1.29, 1.82) is 0 Å². The molecule has 1 aliphatic rings. The molecule has 0 radical (unpaired) electrons. The van der Waals surface area contributed by atoms with E-state index in [1.165, 1.54) is 23.1 Å². The van der Waals surface area contributed by atoms with E-state index in [0.29, 0.717) is 11.4 Å². The van der Waals surface area contributed by atoms with Gasteiger partial charge in [-0.1, -0.05) is 30.3 Å². The second-order valence-electron chi connectivity index (χ2n) is 5.39. The van der Waals surface area contributed by atoms with Crippen molar-refractivity contribution < 1.29 is 27.5 Å². The fraction of sp³-hybridized carbons (Fsp3) is 0.176. The molecule has 3 rings (SSSR count). The summed E-state index contributed by atoms with van der Waals surface area (Å²) in [5.74, 6) is -2.04. The number of nitrogens with one attached hydrogen (secondary N) is 1. The molecular formula is C17H13F3N2O3. The largest absolute Gasteiger partial charge is 0.482 e. The lowest BCUT2D eigenvalue weighted by atomic mass is 10.1. The molecule has 0 saturated carbocycles. The van der Waals surface area contributed by atoms with E-state index in [4.69, 9.17) is 4.74 Å². The number of hydrogen-bond acceptors (Lipinski definition) is 3. The van der Waals surface area contributed by atoms with E-state index < -0.39 is 12.1 Å². The van der Waals surface area contributed by atoms with E-state index in [1.54, 1.807) is 5.32 Å². The average molecular weight is 350 g/mol. The number of benzene rings is 2. The van der Waals surface area contributed by atoms with Crippen LogP contribution in [-0.4, -0.2) is 24.6 Å². The first-order chi connectivity index (χ1) is 11.8. The smallest absolute Gasteiger partial charge is 0.471 e. The third-order valence-corrected chi connectivity index (χ3v) is 3.60. The molecule has 0 aliphatic carbocycles. The van der Waals surface area contributed by atoms with Crippen LogP contribution in [0.25, 0.3) is 0 Å². The van der Waals surface area contributed by atoms with Gasteiger partial charge in [-0.2, -0.15) is 13.2 Å². The molecule has 0 saturated heterocycles. The van der Waals surface area contributed by atoms with Crippen LogP contribution in [0.3, 0.4) is 0 Å². The Balaban J connectivity index is 1.89. The molecule has 130 valence electrons. The van der Waals surface area contributed by atoms with Crippen LogP contribution >= 0.6 is 0 Å². The normalized spacial score (nSPS) is 13.9. The van der Waals surface area contributed by atoms with Crippen LogP contribution in [-0.2, 0) is 16.1 Å². The van der Waals surface area contributed by atoms with E-state index in [9.17, 15) is 22.8 Å². The highest BCUT2D eigenvalue weighted by Gasteiger charge is 2.39. The second kappa shape index (κ2) is 6.46. The maximum atomic E-state index is 12.4. The minimum atomic E-state index is -4.99. The lowest BCUT2D eigenvalue weighted by Gasteiger charge is -2.30. The number of anilines is 2. The van der Waals surface area contributed by atoms with Crippen molar-refractivity contribution >= 4 is 23.2 Å². The van der Waals surface area contributed by atoms with Gasteiger partial charge in [0.1, 0.15) is 5.75 Å². The summed E-state index contributed by atoms with van der Waals surface area (Å²) in [6, 6.07) is 13.1. The van der Waals surface area contributed by atoms with Gasteiger partial charge in [0.15, 0.2) is 6.61 Å². The molecule has 1 aliphatic heterocycles. The number of amides is 2. The van der Waals surface area contributed by atoms with Crippen LogP contribution in [0.15, 0.2) is 48.5 Å². The summed E-state index contributed by atoms with van der Waals surface area (Å²) >= 11 is 0. The summed E-state index contributed by atoms with van der Waals surface area (Å²) < 4.78 is 42.5. The quantitative estimate of drug-likeness (QED) is 0.925. The molecule has 0 bridgehead atoms. The minimum Gasteiger partial charge on any atom is -0.482 e. The molecule has 1 N–H and O–H groups in total. The van der Waals surface area contributed by atoms with Crippen molar-refractivity contribution in [3.63, 3.8) is 0 Å². The topological polar surface area (TPSA) is 58.6 Å². The number of nitrogens with zero attached hydrogens (tertiary/aromatic N) is 1. The van der Waals surface area contributed by atoms with Gasteiger partial charge in [0.2, 0.25) is 0 Å². The molecule has 25 heavy (non-hydrogen) atoms. The molecule has 2 aromatic rings. The monoisotopic (exact) mass is 350 g/mol. The van der Waals surface area contributed by atoms with Gasteiger partial charge >= 0.3 is 12.1 Å². The standard InChI is InChI=1S/C17H13F3N2O3/c18-17(19,20)16(24)21-12-6-7-14-13(8-12)22(15(23)10-25-14)9-11-4-2-1-3-5-11/h1-8H,9-10H2,(H,21,24). The molecule has 2 aromatic carbocycles. The predicted molar refractivity (Wildman–Crippen MR) is 84.3 cm³/mol. The third kappa shape index (κ3) is 3.73. The van der Waals surface area contributed by atoms with Crippen molar-refractivity contribution in [2.24, 2.45) is 0 Å². The highest BCUT2D eigenvalue weighted by molar-refractivity contribution is 6.00. The van der Waals surface area contributed by atoms with Gasteiger partial charge < -0.3 is 15.0 Å². The number of carbonyl (C=O) groups excluding carboxylic acids is 2. The van der Waals surface area contributed by atoms with Crippen LogP contribution in [0.1, 0.15) is 5.56 Å². The van der Waals surface area contributed by atoms with Crippen molar-refractivity contribution in [2.75, 3.05) is 16.8 Å². The Hall–Kier alpha value is -3.03. The van der Waals surface area contributed by atoms with Gasteiger partial charge in [-0.3, -0.25) is 9.59 Å². The molecule has 8 heteroatoms. The van der Waals surface area contributed by atoms with Gasteiger partial charge in [0.25, 0.3) is 5.91 Å². The van der Waals surface area contributed by atoms with Crippen molar-refractivity contribution in [3.05, 3.63) is 54.1 Å². The number of fused-ring (bicyclic) bond motifs is 1. The molecule has 0 aromatic heterocycles. The molecule has 1 heterocycles. The Kier molecular flexibility index (Phi) is 4.35. The number of ether oxygens (including phenoxy) is 1. The fourth-order valence-corrected chi connectivity index (χ4v) is 2.42. The molecule has 2 amide bonds. The minimum absolute atomic E-state index is 0.0718. The molecule has 0 spiro atoms. The van der Waals surface area contributed by atoms with Crippen molar-refractivity contribution in [2.45, 2.75) is 12.7 Å². The highest BCUT2D eigenvalue weighted by Crippen LogP contribution is 2.35. The van der Waals surface area contributed by atoms with E-state index in [0.717, 1.165) is 5.56 Å². The average Bonchev–Trinajstić information content (AvgIpc) is 2.57. The summed E-state index contributed by atoms with van der Waals surface area (Å²) in [6.45, 7) is 0.0841. The summed E-state index contributed by atoms with van der Waals surface area (Å²) in [4.78, 5) is 24.7. The van der Waals surface area contributed by atoms with Gasteiger partial charge in [0, 0.05) is 5.69 Å². The highest BCUT2D eigenvalue weighted by atomic mass is 19.4. The third-order valence-electron chi connectivity index (χ3n) is 3.60. The van der Waals surface area contributed by atoms with E-state index in [2.05, 4.69) is 0 Å². The predicted octanol–water partition coefficient (Wildman–Crippen LogP) is 3.11. The van der Waals surface area contributed by atoms with Crippen LogP contribution in [0.4, 0.5) is 24.5 Å². The first-order valence-electron chi connectivity index (χ1n) is 7.34. The Morgan fingerprint density at radius 3 is 2.56 bits per heavy atom. The lowest BCUT2D eigenvalue weighted by molar-refractivity contribution is -0.167. The molecular weight excluding hydrogens is 337 g/mol. The Bertz CT molecular complexity index is 807. The van der Waals surface area contributed by atoms with Crippen LogP contribution in [0.5, 0.6) is 5.75 Å². The first kappa shape index (κ1) is 16.8. The van der Waals surface area contributed by atoms with Crippen LogP contribution in [0, 0.1) is 0 Å². The van der Waals surface area contributed by atoms with E-state index in [1.807, 2.05) is 30.3 Å². The number of carbonyl (C=O) groups is 2. The number of rotatable bonds is 3. The summed E-state index contributed by atoms with van der Waals surface area (Å²) in [5.41, 5.74) is 1.09. The van der Waals surface area contributed by atoms with E-state index in [-0.39, 0.29) is 24.7 Å². The van der Waals surface area contributed by atoms with Crippen molar-refractivity contribution in [3.8, 4) is 5.75 Å². The SMILES string of the molecule is O=C1COc2ccc(NC(=O)C(F)(F)F)cc2N1Cc1ccccc1. The fourth-order valence-electron chi connectivity index (χ4n) is 2.42. The Labute approximate surface area is 141 Å². The summed E-state index contributed by atoms with van der Waals surface area (Å²) in [7, 11) is 0. The number of hydrogen-bond donors (Lipinski definition) is 1. The number of alkyl halides is 3. The Morgan fingerprint density at radius 1 is 1.16 bits per heavy atom. The van der Waals surface area contributed by atoms with Gasteiger partial charge in [0.05, 0.1) is 12.2 Å². The summed E-state index contributed by atoms with van der Waals surface area (Å²) in [5, 5.41) is 1.77. The molecule has 0 fully saturated rings. The molecule has 5 nitrogen and oxygen atoms in total.